The molecule has 1 atom stereocenters. The summed E-state index contributed by atoms with van der Waals surface area (Å²) >= 11 is 1.57. The molecule has 7 heteroatoms. The van der Waals surface area contributed by atoms with Crippen LogP contribution >= 0.6 is 11.3 Å². The van der Waals surface area contributed by atoms with E-state index < -0.39 is 5.97 Å². The highest BCUT2D eigenvalue weighted by molar-refractivity contribution is 7.11. The predicted molar refractivity (Wildman–Crippen MR) is 62.4 cm³/mol. The Bertz CT molecular complexity index is 534. The van der Waals surface area contributed by atoms with Crippen molar-refractivity contribution in [2.75, 3.05) is 5.32 Å². The van der Waals surface area contributed by atoms with Gasteiger partial charge in [-0.3, -0.25) is 0 Å². The molecule has 2 rings (SSSR count). The van der Waals surface area contributed by atoms with Crippen molar-refractivity contribution in [3.05, 3.63) is 28.0 Å². The molecule has 0 aliphatic heterocycles. The lowest BCUT2D eigenvalue weighted by atomic mass is 10.4. The van der Waals surface area contributed by atoms with E-state index in [-0.39, 0.29) is 17.8 Å². The number of hydrogen-bond donors (Lipinski definition) is 2. The average Bonchev–Trinajstić information content (AvgIpc) is 2.86. The number of nitrogens with one attached hydrogen (secondary N) is 1. The van der Waals surface area contributed by atoms with E-state index in [2.05, 4.69) is 15.3 Å². The molecule has 0 saturated carbocycles. The van der Waals surface area contributed by atoms with Crippen LogP contribution in [0.15, 0.2) is 16.9 Å². The van der Waals surface area contributed by atoms with Gasteiger partial charge in [0.15, 0.2) is 5.69 Å². The van der Waals surface area contributed by atoms with E-state index in [9.17, 15) is 4.79 Å². The number of aryl methyl sites for hydroxylation is 1. The topological polar surface area (TPSA) is 88.2 Å². The molecule has 2 aromatic rings. The van der Waals surface area contributed by atoms with Gasteiger partial charge in [0.25, 0.3) is 6.01 Å². The predicted octanol–water partition coefficient (Wildman–Crippen LogP) is 2.31. The Labute approximate surface area is 101 Å². The van der Waals surface area contributed by atoms with Gasteiger partial charge in [-0.2, -0.15) is 4.98 Å². The number of carboxylic acids is 1. The summed E-state index contributed by atoms with van der Waals surface area (Å²) in [7, 11) is 0. The van der Waals surface area contributed by atoms with E-state index in [0.717, 1.165) is 16.1 Å². The van der Waals surface area contributed by atoms with Crippen molar-refractivity contribution in [3.63, 3.8) is 0 Å². The third kappa shape index (κ3) is 2.62. The molecule has 0 aliphatic carbocycles. The third-order valence-electron chi connectivity index (χ3n) is 2.07. The molecule has 90 valence electrons. The molecule has 0 fully saturated rings. The molecule has 17 heavy (non-hydrogen) atoms. The summed E-state index contributed by atoms with van der Waals surface area (Å²) in [6.45, 7) is 3.88. The Hall–Kier alpha value is -1.89. The van der Waals surface area contributed by atoms with Gasteiger partial charge < -0.3 is 14.8 Å². The quantitative estimate of drug-likeness (QED) is 0.869. The SMILES string of the molecule is Cc1cnc(C(C)Nc2nc(C(=O)O)co2)s1. The number of thiazole rings is 1. The first-order valence-electron chi connectivity index (χ1n) is 4.94. The molecule has 0 saturated heterocycles. The number of oxazole rings is 1. The van der Waals surface area contributed by atoms with Crippen molar-refractivity contribution in [1.29, 1.82) is 0 Å². The van der Waals surface area contributed by atoms with Gasteiger partial charge in [0, 0.05) is 11.1 Å². The molecule has 0 radical (unpaired) electrons. The first-order valence-corrected chi connectivity index (χ1v) is 5.75. The maximum atomic E-state index is 10.6. The van der Waals surface area contributed by atoms with Crippen LogP contribution in [0.3, 0.4) is 0 Å². The van der Waals surface area contributed by atoms with Crippen LogP contribution in [0.1, 0.15) is 33.3 Å². The standard InChI is InChI=1S/C10H11N3O3S/c1-5-3-11-8(17-5)6(2)12-10-13-7(4-16-10)9(14)15/h3-4,6H,1-2H3,(H,12,13)(H,14,15). The van der Waals surface area contributed by atoms with Crippen molar-refractivity contribution in [2.24, 2.45) is 0 Å². The summed E-state index contributed by atoms with van der Waals surface area (Å²) in [6, 6.07) is 0.108. The Kier molecular flexibility index (Phi) is 3.10. The second kappa shape index (κ2) is 4.54. The zero-order valence-corrected chi connectivity index (χ0v) is 10.1. The van der Waals surface area contributed by atoms with E-state index in [1.807, 2.05) is 13.8 Å². The lowest BCUT2D eigenvalue weighted by Gasteiger charge is -2.07. The highest BCUT2D eigenvalue weighted by Crippen LogP contribution is 2.22. The minimum atomic E-state index is -1.11. The lowest BCUT2D eigenvalue weighted by Crippen LogP contribution is -2.06. The van der Waals surface area contributed by atoms with Crippen molar-refractivity contribution < 1.29 is 14.3 Å². The molecule has 0 amide bonds. The molecule has 0 spiro atoms. The number of aromatic nitrogens is 2. The molecular formula is C10H11N3O3S. The summed E-state index contributed by atoms with van der Waals surface area (Å²) < 4.78 is 5.00. The van der Waals surface area contributed by atoms with Crippen molar-refractivity contribution in [2.45, 2.75) is 19.9 Å². The van der Waals surface area contributed by atoms with Gasteiger partial charge in [-0.05, 0) is 13.8 Å². The van der Waals surface area contributed by atoms with Gasteiger partial charge in [0.05, 0.1) is 6.04 Å². The Balaban J connectivity index is 2.07. The number of carbonyl (C=O) groups is 1. The Morgan fingerprint density at radius 1 is 1.65 bits per heavy atom. The second-order valence-corrected chi connectivity index (χ2v) is 4.78. The summed E-state index contributed by atoms with van der Waals surface area (Å²) in [4.78, 5) is 19.7. The van der Waals surface area contributed by atoms with Crippen LogP contribution in [-0.2, 0) is 0 Å². The van der Waals surface area contributed by atoms with Crippen LogP contribution < -0.4 is 5.32 Å². The molecule has 0 aromatic carbocycles. The molecule has 2 N–H and O–H groups in total. The van der Waals surface area contributed by atoms with Crippen LogP contribution in [-0.4, -0.2) is 21.0 Å². The lowest BCUT2D eigenvalue weighted by molar-refractivity contribution is 0.0690. The van der Waals surface area contributed by atoms with Crippen molar-refractivity contribution >= 4 is 23.3 Å². The number of aromatic carboxylic acids is 1. The molecule has 2 heterocycles. The molecule has 1 unspecified atom stereocenters. The summed E-state index contributed by atoms with van der Waals surface area (Å²) in [5.41, 5.74) is -0.116. The molecule has 0 aliphatic rings. The number of carboxylic acid groups (broad SMARTS) is 1. The summed E-state index contributed by atoms with van der Waals surface area (Å²) in [6.07, 6.45) is 2.89. The van der Waals surface area contributed by atoms with Crippen molar-refractivity contribution in [3.8, 4) is 0 Å². The fraction of sp³-hybridized carbons (Fsp3) is 0.300. The van der Waals surface area contributed by atoms with E-state index in [0.29, 0.717) is 0 Å². The highest BCUT2D eigenvalue weighted by atomic mass is 32.1. The monoisotopic (exact) mass is 253 g/mol. The molecule has 6 nitrogen and oxygen atoms in total. The zero-order valence-electron chi connectivity index (χ0n) is 9.30. The third-order valence-corrected chi connectivity index (χ3v) is 3.17. The maximum absolute atomic E-state index is 10.6. The number of anilines is 1. The van der Waals surface area contributed by atoms with Gasteiger partial charge in [-0.1, -0.05) is 0 Å². The Morgan fingerprint density at radius 3 is 2.94 bits per heavy atom. The fourth-order valence-electron chi connectivity index (χ4n) is 1.26. The highest BCUT2D eigenvalue weighted by Gasteiger charge is 2.14. The van der Waals surface area contributed by atoms with Gasteiger partial charge in [-0.25, -0.2) is 9.78 Å². The fourth-order valence-corrected chi connectivity index (χ4v) is 2.03. The summed E-state index contributed by atoms with van der Waals surface area (Å²) in [5, 5.41) is 12.5. The number of rotatable bonds is 4. The first kappa shape index (κ1) is 11.6. The first-order chi connectivity index (χ1) is 8.06. The Morgan fingerprint density at radius 2 is 2.41 bits per heavy atom. The minimum Gasteiger partial charge on any atom is -0.476 e. The smallest absolute Gasteiger partial charge is 0.357 e. The maximum Gasteiger partial charge on any atom is 0.357 e. The normalized spacial score (nSPS) is 12.4. The molecular weight excluding hydrogens is 242 g/mol. The van der Waals surface area contributed by atoms with Crippen LogP contribution in [0.5, 0.6) is 0 Å². The van der Waals surface area contributed by atoms with E-state index in [1.165, 1.54) is 0 Å². The molecule has 2 aromatic heterocycles. The zero-order chi connectivity index (χ0) is 12.4. The minimum absolute atomic E-state index is 0.0750. The van der Waals surface area contributed by atoms with Gasteiger partial charge in [0.1, 0.15) is 11.3 Å². The van der Waals surface area contributed by atoms with Gasteiger partial charge >= 0.3 is 5.97 Å². The average molecular weight is 253 g/mol. The van der Waals surface area contributed by atoms with Gasteiger partial charge in [-0.15, -0.1) is 11.3 Å². The van der Waals surface area contributed by atoms with Crippen LogP contribution in [0.4, 0.5) is 6.01 Å². The van der Waals surface area contributed by atoms with E-state index >= 15 is 0 Å². The van der Waals surface area contributed by atoms with E-state index in [1.54, 1.807) is 17.5 Å². The van der Waals surface area contributed by atoms with E-state index in [4.69, 9.17) is 9.52 Å². The largest absolute Gasteiger partial charge is 0.476 e. The number of hydrogen-bond acceptors (Lipinski definition) is 6. The molecule has 0 bridgehead atoms. The van der Waals surface area contributed by atoms with Crippen LogP contribution in [0, 0.1) is 6.92 Å². The van der Waals surface area contributed by atoms with Crippen molar-refractivity contribution in [1.82, 2.24) is 9.97 Å². The second-order valence-electron chi connectivity index (χ2n) is 3.52. The van der Waals surface area contributed by atoms with Gasteiger partial charge in [0.2, 0.25) is 0 Å². The van der Waals surface area contributed by atoms with Crippen LogP contribution in [0.2, 0.25) is 0 Å². The number of nitrogens with zero attached hydrogens (tertiary/aromatic N) is 2. The summed E-state index contributed by atoms with van der Waals surface area (Å²) in [5.74, 6) is -1.11. The van der Waals surface area contributed by atoms with Crippen LogP contribution in [0.25, 0.3) is 0 Å².